The van der Waals surface area contributed by atoms with Crippen LogP contribution in [0.25, 0.3) is 5.76 Å². The molecule has 0 saturated carbocycles. The molecule has 0 aliphatic carbocycles. The van der Waals surface area contributed by atoms with Crippen molar-refractivity contribution < 1.29 is 24.2 Å². The minimum absolute atomic E-state index is 0.0646. The van der Waals surface area contributed by atoms with Gasteiger partial charge in [0.1, 0.15) is 5.76 Å². The molecule has 0 spiro atoms. The zero-order chi connectivity index (χ0) is 26.8. The molecule has 8 nitrogen and oxygen atoms in total. The maximum Gasteiger partial charge on any atom is 0.295 e. The van der Waals surface area contributed by atoms with E-state index < -0.39 is 17.7 Å². The van der Waals surface area contributed by atoms with Gasteiger partial charge in [0.05, 0.1) is 24.8 Å². The van der Waals surface area contributed by atoms with Gasteiger partial charge in [-0.1, -0.05) is 39.7 Å². The number of hydrogen-bond donors (Lipinski definition) is 1. The Morgan fingerprint density at radius 2 is 1.73 bits per heavy atom. The molecule has 200 valence electrons. The second-order valence-corrected chi connectivity index (χ2v) is 8.95. The minimum atomic E-state index is -0.753. The number of nitrogens with zero attached hydrogens (tertiary/aromatic N) is 3. The molecule has 1 aromatic carbocycles. The van der Waals surface area contributed by atoms with E-state index in [4.69, 9.17) is 9.47 Å². The Morgan fingerprint density at radius 3 is 2.38 bits per heavy atom. The summed E-state index contributed by atoms with van der Waals surface area (Å²) in [6.45, 7) is 11.8. The van der Waals surface area contributed by atoms with Crippen molar-refractivity contribution in [1.82, 2.24) is 14.8 Å². The van der Waals surface area contributed by atoms with Crippen molar-refractivity contribution in [1.29, 1.82) is 0 Å². The molecule has 1 atom stereocenters. The van der Waals surface area contributed by atoms with Crippen molar-refractivity contribution >= 4 is 17.4 Å². The van der Waals surface area contributed by atoms with E-state index in [2.05, 4.69) is 30.7 Å². The minimum Gasteiger partial charge on any atom is -0.507 e. The number of unbranched alkanes of at least 4 members (excludes halogenated alkanes) is 2. The number of ether oxygens (including phenoxy) is 2. The average Bonchev–Trinajstić information content (AvgIpc) is 3.17. The third kappa shape index (κ3) is 6.68. The fraction of sp³-hybridized carbons (Fsp3) is 0.483. The van der Waals surface area contributed by atoms with Crippen LogP contribution in [0, 0.1) is 0 Å². The second-order valence-electron chi connectivity index (χ2n) is 8.95. The van der Waals surface area contributed by atoms with Gasteiger partial charge >= 0.3 is 0 Å². The van der Waals surface area contributed by atoms with Crippen molar-refractivity contribution in [2.45, 2.75) is 53.0 Å². The Hall–Kier alpha value is -3.39. The van der Waals surface area contributed by atoms with Crippen LogP contribution in [-0.4, -0.2) is 71.0 Å². The van der Waals surface area contributed by atoms with Crippen LogP contribution in [0.1, 0.15) is 64.1 Å². The van der Waals surface area contributed by atoms with E-state index in [1.807, 2.05) is 25.1 Å². The van der Waals surface area contributed by atoms with Gasteiger partial charge in [-0.05, 0) is 56.3 Å². The van der Waals surface area contributed by atoms with Crippen LogP contribution in [0.15, 0.2) is 48.3 Å². The molecule has 0 radical (unpaired) electrons. The number of aliphatic hydroxyl groups is 1. The zero-order valence-corrected chi connectivity index (χ0v) is 22.4. The number of hydrogen-bond acceptors (Lipinski definition) is 7. The summed E-state index contributed by atoms with van der Waals surface area (Å²) in [5.74, 6) is -0.359. The summed E-state index contributed by atoms with van der Waals surface area (Å²) in [6.07, 6.45) is 6.21. The predicted octanol–water partition coefficient (Wildman–Crippen LogP) is 4.81. The standard InChI is InChI=1S/C29H39N3O5/c1-5-9-10-19-37-23-12-11-22(20-24(23)36-8-4)26-25(27(33)21-13-15-30-16-14-21)28(34)29(35)32(26)18-17-31(6-2)7-3/h11-16,20,26,33H,5-10,17-19H2,1-4H3. The number of aromatic nitrogens is 1. The average molecular weight is 510 g/mol. The van der Waals surface area contributed by atoms with Crippen molar-refractivity contribution in [2.75, 3.05) is 39.4 Å². The summed E-state index contributed by atoms with van der Waals surface area (Å²) in [5.41, 5.74) is 1.18. The number of benzene rings is 1. The summed E-state index contributed by atoms with van der Waals surface area (Å²) in [5, 5.41) is 11.2. The highest BCUT2D eigenvalue weighted by Crippen LogP contribution is 2.42. The molecule has 3 rings (SSSR count). The van der Waals surface area contributed by atoms with Crippen molar-refractivity contribution in [2.24, 2.45) is 0 Å². The highest BCUT2D eigenvalue weighted by Gasteiger charge is 2.46. The molecule has 8 heteroatoms. The number of aliphatic hydroxyl groups excluding tert-OH is 1. The number of carbonyl (C=O) groups is 2. The first-order valence-electron chi connectivity index (χ1n) is 13.3. The number of rotatable bonds is 14. The second kappa shape index (κ2) is 13.8. The zero-order valence-electron chi connectivity index (χ0n) is 22.4. The number of ketones is 1. The Balaban J connectivity index is 2.06. The lowest BCUT2D eigenvalue weighted by atomic mass is 9.95. The predicted molar refractivity (Wildman–Crippen MR) is 144 cm³/mol. The first kappa shape index (κ1) is 28.2. The van der Waals surface area contributed by atoms with Crippen molar-refractivity contribution in [3.8, 4) is 11.5 Å². The quantitative estimate of drug-likeness (QED) is 0.169. The maximum atomic E-state index is 13.3. The van der Waals surface area contributed by atoms with E-state index in [0.29, 0.717) is 48.9 Å². The van der Waals surface area contributed by atoms with Gasteiger partial charge in [0, 0.05) is 31.0 Å². The lowest BCUT2D eigenvalue weighted by Gasteiger charge is -2.28. The van der Waals surface area contributed by atoms with E-state index in [1.54, 1.807) is 29.4 Å². The van der Waals surface area contributed by atoms with E-state index in [9.17, 15) is 14.7 Å². The molecule has 1 amide bonds. The molecule has 1 N–H and O–H groups in total. The van der Waals surface area contributed by atoms with Gasteiger partial charge in [-0.25, -0.2) is 0 Å². The summed E-state index contributed by atoms with van der Waals surface area (Å²) in [6, 6.07) is 7.97. The van der Waals surface area contributed by atoms with Gasteiger partial charge in [-0.3, -0.25) is 14.6 Å². The normalized spacial score (nSPS) is 17.0. The Labute approximate surface area is 219 Å². The molecule has 1 aliphatic rings. The SMILES string of the molecule is CCCCCOc1ccc(C2C(=C(O)c3ccncc3)C(=O)C(=O)N2CCN(CC)CC)cc1OCC. The van der Waals surface area contributed by atoms with Gasteiger partial charge in [0.2, 0.25) is 0 Å². The molecule has 2 heterocycles. The third-order valence-electron chi connectivity index (χ3n) is 6.63. The first-order valence-corrected chi connectivity index (χ1v) is 13.3. The van der Waals surface area contributed by atoms with Crippen LogP contribution in [0.5, 0.6) is 11.5 Å². The monoisotopic (exact) mass is 509 g/mol. The third-order valence-corrected chi connectivity index (χ3v) is 6.63. The molecule has 0 bridgehead atoms. The summed E-state index contributed by atoms with van der Waals surface area (Å²) in [7, 11) is 0. The van der Waals surface area contributed by atoms with E-state index in [1.165, 1.54) is 0 Å². The number of carbonyl (C=O) groups excluding carboxylic acids is 2. The van der Waals surface area contributed by atoms with E-state index in [-0.39, 0.29) is 11.3 Å². The van der Waals surface area contributed by atoms with Crippen LogP contribution in [0.2, 0.25) is 0 Å². The van der Waals surface area contributed by atoms with Crippen molar-refractivity contribution in [3.63, 3.8) is 0 Å². The van der Waals surface area contributed by atoms with Crippen LogP contribution >= 0.6 is 0 Å². The Kier molecular flexibility index (Phi) is 10.5. The molecular weight excluding hydrogens is 470 g/mol. The smallest absolute Gasteiger partial charge is 0.295 e. The fourth-order valence-electron chi connectivity index (χ4n) is 4.53. The largest absolute Gasteiger partial charge is 0.507 e. The maximum absolute atomic E-state index is 13.3. The lowest BCUT2D eigenvalue weighted by Crippen LogP contribution is -2.38. The van der Waals surface area contributed by atoms with Gasteiger partial charge in [0.25, 0.3) is 11.7 Å². The molecule has 1 aromatic heterocycles. The van der Waals surface area contributed by atoms with Gasteiger partial charge in [0.15, 0.2) is 11.5 Å². The molecule has 2 aromatic rings. The van der Waals surface area contributed by atoms with Crippen LogP contribution in [0.4, 0.5) is 0 Å². The van der Waals surface area contributed by atoms with Crippen LogP contribution in [-0.2, 0) is 9.59 Å². The van der Waals surface area contributed by atoms with E-state index in [0.717, 1.165) is 32.4 Å². The van der Waals surface area contributed by atoms with Gasteiger partial charge < -0.3 is 24.4 Å². The van der Waals surface area contributed by atoms with Crippen molar-refractivity contribution in [3.05, 3.63) is 59.4 Å². The topological polar surface area (TPSA) is 92.2 Å². The van der Waals surface area contributed by atoms with Gasteiger partial charge in [-0.15, -0.1) is 0 Å². The summed E-state index contributed by atoms with van der Waals surface area (Å²) < 4.78 is 11.9. The molecular formula is C29H39N3O5. The molecule has 1 saturated heterocycles. The highest BCUT2D eigenvalue weighted by molar-refractivity contribution is 6.46. The molecule has 1 unspecified atom stereocenters. The highest BCUT2D eigenvalue weighted by atomic mass is 16.5. The number of likely N-dealkylation sites (N-methyl/N-ethyl adjacent to an activating group) is 1. The lowest BCUT2D eigenvalue weighted by molar-refractivity contribution is -0.140. The molecule has 1 fully saturated rings. The summed E-state index contributed by atoms with van der Waals surface area (Å²) in [4.78, 5) is 34.3. The number of Topliss-reactive ketones (excluding diaryl/α,β-unsaturated/α-hetero) is 1. The van der Waals surface area contributed by atoms with Gasteiger partial charge in [-0.2, -0.15) is 0 Å². The number of likely N-dealkylation sites (tertiary alicyclic amines) is 1. The molecule has 1 aliphatic heterocycles. The Morgan fingerprint density at radius 1 is 1.00 bits per heavy atom. The van der Waals surface area contributed by atoms with Crippen LogP contribution in [0.3, 0.4) is 0 Å². The first-order chi connectivity index (χ1) is 18.0. The number of pyridine rings is 1. The summed E-state index contributed by atoms with van der Waals surface area (Å²) >= 11 is 0. The fourth-order valence-corrected chi connectivity index (χ4v) is 4.53. The van der Waals surface area contributed by atoms with E-state index >= 15 is 0 Å². The van der Waals surface area contributed by atoms with Crippen LogP contribution < -0.4 is 9.47 Å². The molecule has 37 heavy (non-hydrogen) atoms. The number of amides is 1. The Bertz CT molecular complexity index is 1080.